The van der Waals surface area contributed by atoms with Crippen molar-refractivity contribution in [1.29, 1.82) is 0 Å². The van der Waals surface area contributed by atoms with Crippen molar-refractivity contribution in [1.82, 2.24) is 0 Å². The van der Waals surface area contributed by atoms with Crippen LogP contribution in [0.15, 0.2) is 11.6 Å². The van der Waals surface area contributed by atoms with E-state index in [1.165, 1.54) is 12.5 Å². The quantitative estimate of drug-likeness (QED) is 0.328. The van der Waals surface area contributed by atoms with Gasteiger partial charge in [0.1, 0.15) is 6.10 Å². The number of hydrogen-bond acceptors (Lipinski definition) is 5. The van der Waals surface area contributed by atoms with Crippen molar-refractivity contribution in [2.75, 3.05) is 6.61 Å². The van der Waals surface area contributed by atoms with Gasteiger partial charge in [-0.25, -0.2) is 0 Å². The summed E-state index contributed by atoms with van der Waals surface area (Å²) in [6.45, 7) is 17.3. The fourth-order valence-electron chi connectivity index (χ4n) is 10.5. The molecule has 0 unspecified atom stereocenters. The van der Waals surface area contributed by atoms with E-state index in [9.17, 15) is 19.5 Å². The molecule has 1 aliphatic heterocycles. The third-order valence-corrected chi connectivity index (χ3v) is 13.0. The van der Waals surface area contributed by atoms with Crippen LogP contribution in [-0.4, -0.2) is 35.7 Å². The van der Waals surface area contributed by atoms with Gasteiger partial charge in [-0.05, 0) is 98.4 Å². The minimum atomic E-state index is -0.920. The molecule has 9 atom stereocenters. The molecular weight excluding hydrogens is 480 g/mol. The smallest absolute Gasteiger partial charge is 0.309 e. The minimum Gasteiger partial charge on any atom is -0.481 e. The van der Waals surface area contributed by atoms with E-state index >= 15 is 0 Å². The second-order valence-corrected chi connectivity index (χ2v) is 15.6. The second kappa shape index (κ2) is 8.33. The Hall–Kier alpha value is -1.85. The maximum absolute atomic E-state index is 13.2. The second-order valence-electron chi connectivity index (χ2n) is 15.6. The van der Waals surface area contributed by atoms with Crippen LogP contribution in [0, 0.1) is 50.2 Å². The largest absolute Gasteiger partial charge is 0.481 e. The number of rotatable bonds is 4. The lowest BCUT2D eigenvalue weighted by Crippen LogP contribution is -2.68. The Kier molecular flexibility index (Phi) is 6.07. The average molecular weight is 529 g/mol. The van der Waals surface area contributed by atoms with E-state index in [4.69, 9.17) is 9.47 Å². The molecular formula is C32H48O6. The van der Waals surface area contributed by atoms with Crippen molar-refractivity contribution in [3.05, 3.63) is 11.6 Å². The van der Waals surface area contributed by atoms with Crippen LogP contribution in [0.3, 0.4) is 0 Å². The maximum Gasteiger partial charge on any atom is 0.309 e. The van der Waals surface area contributed by atoms with Gasteiger partial charge < -0.3 is 14.6 Å². The Bertz CT molecular complexity index is 1090. The van der Waals surface area contributed by atoms with Crippen LogP contribution in [0.2, 0.25) is 0 Å². The van der Waals surface area contributed by atoms with Crippen molar-refractivity contribution in [3.63, 3.8) is 0 Å². The third kappa shape index (κ3) is 3.67. The summed E-state index contributed by atoms with van der Waals surface area (Å²) in [6.07, 6.45) is 9.37. The average Bonchev–Trinajstić information content (AvgIpc) is 2.79. The molecule has 1 N–H and O–H groups in total. The van der Waals surface area contributed by atoms with Crippen LogP contribution in [0.4, 0.5) is 0 Å². The molecule has 4 aliphatic carbocycles. The van der Waals surface area contributed by atoms with Crippen molar-refractivity contribution in [2.24, 2.45) is 50.2 Å². The molecule has 0 aromatic rings. The summed E-state index contributed by atoms with van der Waals surface area (Å²) < 4.78 is 11.7. The predicted octanol–water partition coefficient (Wildman–Crippen LogP) is 6.57. The Labute approximate surface area is 228 Å². The van der Waals surface area contributed by atoms with Crippen LogP contribution in [-0.2, 0) is 23.9 Å². The Balaban J connectivity index is 1.61. The van der Waals surface area contributed by atoms with Gasteiger partial charge in [0.05, 0.1) is 18.4 Å². The molecule has 0 aromatic heterocycles. The van der Waals surface area contributed by atoms with Crippen LogP contribution < -0.4 is 0 Å². The highest BCUT2D eigenvalue weighted by Gasteiger charge is 2.71. The number of esters is 2. The van der Waals surface area contributed by atoms with Crippen molar-refractivity contribution >= 4 is 17.9 Å². The van der Waals surface area contributed by atoms with Crippen LogP contribution in [0.1, 0.15) is 107 Å². The Morgan fingerprint density at radius 2 is 1.74 bits per heavy atom. The fraction of sp³-hybridized carbons (Fsp3) is 0.844. The zero-order valence-corrected chi connectivity index (χ0v) is 24.7. The SMILES string of the molecule is CC(=O)OC[C@@]1(C)CC[C@]2(C)CC[C@]3(C)C(=C[C@H]4OC(=O)C[C@]5(C)[C@@H]4[C@@]3(C)CC[C@H]5C(C)(C)C(=O)O)[C@@H]2C1. The van der Waals surface area contributed by atoms with Gasteiger partial charge >= 0.3 is 17.9 Å². The van der Waals surface area contributed by atoms with Crippen LogP contribution in [0.25, 0.3) is 0 Å². The first-order valence-corrected chi connectivity index (χ1v) is 14.7. The van der Waals surface area contributed by atoms with E-state index in [1.807, 2.05) is 13.8 Å². The highest BCUT2D eigenvalue weighted by molar-refractivity contribution is 5.76. The van der Waals surface area contributed by atoms with E-state index in [2.05, 4.69) is 40.7 Å². The summed E-state index contributed by atoms with van der Waals surface area (Å²) in [6, 6.07) is 0. The number of carbonyl (C=O) groups excluding carboxylic acids is 2. The third-order valence-electron chi connectivity index (χ3n) is 13.0. The number of hydrogen-bond donors (Lipinski definition) is 1. The monoisotopic (exact) mass is 528 g/mol. The van der Waals surface area contributed by atoms with Gasteiger partial charge in [0.2, 0.25) is 0 Å². The van der Waals surface area contributed by atoms with Crippen molar-refractivity contribution in [3.8, 4) is 0 Å². The molecule has 0 bridgehead atoms. The zero-order chi connectivity index (χ0) is 28.1. The molecule has 6 nitrogen and oxygen atoms in total. The van der Waals surface area contributed by atoms with Crippen LogP contribution in [0.5, 0.6) is 0 Å². The Morgan fingerprint density at radius 3 is 2.37 bits per heavy atom. The van der Waals surface area contributed by atoms with E-state index in [1.54, 1.807) is 0 Å². The van der Waals surface area contributed by atoms with E-state index in [-0.39, 0.29) is 58.0 Å². The molecule has 38 heavy (non-hydrogen) atoms. The van der Waals surface area contributed by atoms with Gasteiger partial charge in [0.25, 0.3) is 0 Å². The van der Waals surface area contributed by atoms with Gasteiger partial charge in [0.15, 0.2) is 0 Å². The number of carboxylic acid groups (broad SMARTS) is 1. The topological polar surface area (TPSA) is 89.9 Å². The Morgan fingerprint density at radius 1 is 1.08 bits per heavy atom. The highest BCUT2D eigenvalue weighted by Crippen LogP contribution is 2.75. The number of carbonyl (C=O) groups is 3. The summed E-state index contributed by atoms with van der Waals surface area (Å²) in [5, 5.41) is 10.2. The molecule has 0 spiro atoms. The molecule has 3 saturated carbocycles. The molecule has 5 rings (SSSR count). The normalized spacial score (nSPS) is 48.0. The van der Waals surface area contributed by atoms with Crippen molar-refractivity contribution in [2.45, 2.75) is 113 Å². The first kappa shape index (κ1) is 27.7. The van der Waals surface area contributed by atoms with Gasteiger partial charge in [-0.1, -0.05) is 40.2 Å². The maximum atomic E-state index is 13.2. The molecule has 212 valence electrons. The standard InChI is InChI=1S/C32H48O6/c1-19(33)37-18-28(4)11-12-29(5)13-14-31(7)20(21(29)16-28)15-22-25-30(6,17-24(34)38-22)23(9-10-32(25,31)8)27(2,3)26(35)36/h15,21-23,25H,9-14,16-18H2,1-8H3,(H,35,36)/t21-,22+,23-,25+,28-,29+,30-,31+,32+/m0/s1. The number of aliphatic carboxylic acids is 1. The molecule has 1 saturated heterocycles. The fourth-order valence-corrected chi connectivity index (χ4v) is 10.5. The molecule has 0 radical (unpaired) electrons. The summed E-state index contributed by atoms with van der Waals surface area (Å²) in [5.74, 6) is -0.896. The van der Waals surface area contributed by atoms with Gasteiger partial charge in [0, 0.05) is 18.3 Å². The van der Waals surface area contributed by atoms with E-state index in [0.717, 1.165) is 44.9 Å². The lowest BCUT2D eigenvalue weighted by atomic mass is 9.34. The molecule has 0 amide bonds. The molecule has 6 heteroatoms. The van der Waals surface area contributed by atoms with Gasteiger partial charge in [-0.2, -0.15) is 0 Å². The van der Waals surface area contributed by atoms with E-state index in [0.29, 0.717) is 12.5 Å². The van der Waals surface area contributed by atoms with Gasteiger partial charge in [-0.15, -0.1) is 0 Å². The first-order chi connectivity index (χ1) is 17.4. The van der Waals surface area contributed by atoms with Crippen molar-refractivity contribution < 1.29 is 29.0 Å². The van der Waals surface area contributed by atoms with E-state index < -0.39 is 16.8 Å². The van der Waals surface area contributed by atoms with Gasteiger partial charge in [-0.3, -0.25) is 14.4 Å². The number of fused-ring (bicyclic) bond motifs is 4. The summed E-state index contributed by atoms with van der Waals surface area (Å²) >= 11 is 0. The number of ether oxygens (including phenoxy) is 2. The molecule has 5 aliphatic rings. The lowest BCUT2D eigenvalue weighted by molar-refractivity contribution is -0.232. The summed E-state index contributed by atoms with van der Waals surface area (Å²) in [5.41, 5.74) is 0.0152. The molecule has 4 fully saturated rings. The number of allylic oxidation sites excluding steroid dienone is 1. The van der Waals surface area contributed by atoms with Crippen LogP contribution >= 0.6 is 0 Å². The predicted molar refractivity (Wildman–Crippen MR) is 144 cm³/mol. The molecule has 0 aromatic carbocycles. The summed E-state index contributed by atoms with van der Waals surface area (Å²) in [4.78, 5) is 37.2. The number of carboxylic acids is 1. The summed E-state index contributed by atoms with van der Waals surface area (Å²) in [7, 11) is 0. The first-order valence-electron chi connectivity index (χ1n) is 14.7. The lowest BCUT2D eigenvalue weighted by Gasteiger charge is -2.71. The molecule has 1 heterocycles. The minimum absolute atomic E-state index is 0.0542. The zero-order valence-electron chi connectivity index (χ0n) is 24.7. The highest BCUT2D eigenvalue weighted by atomic mass is 16.5.